The molecule has 2 aliphatic rings. The van der Waals surface area contributed by atoms with Crippen molar-refractivity contribution in [3.05, 3.63) is 18.2 Å². The minimum Gasteiger partial charge on any atom is -0.493 e. The molecular weight excluding hydrogens is 384 g/mol. The summed E-state index contributed by atoms with van der Waals surface area (Å²) in [5.74, 6) is 1.17. The van der Waals surface area contributed by atoms with E-state index in [0.29, 0.717) is 31.0 Å². The van der Waals surface area contributed by atoms with Crippen LogP contribution in [0.1, 0.15) is 38.5 Å². The lowest BCUT2D eigenvalue weighted by Crippen LogP contribution is -3.11. The first kappa shape index (κ1) is 22.2. The Labute approximate surface area is 178 Å². The first-order valence-electron chi connectivity index (χ1n) is 11.0. The molecule has 0 spiro atoms. The van der Waals surface area contributed by atoms with E-state index in [-0.39, 0.29) is 18.0 Å². The third-order valence-corrected chi connectivity index (χ3v) is 5.94. The predicted molar refractivity (Wildman–Crippen MR) is 115 cm³/mol. The monoisotopic (exact) mass is 419 g/mol. The number of anilines is 1. The third kappa shape index (κ3) is 6.01. The van der Waals surface area contributed by atoms with Crippen LogP contribution in [0.3, 0.4) is 0 Å². The number of benzene rings is 1. The van der Waals surface area contributed by atoms with Crippen LogP contribution < -0.4 is 29.9 Å². The van der Waals surface area contributed by atoms with E-state index in [4.69, 9.17) is 9.47 Å². The van der Waals surface area contributed by atoms with Crippen LogP contribution in [0.25, 0.3) is 0 Å². The highest BCUT2D eigenvalue weighted by Gasteiger charge is 2.32. The molecular formula is C22H35N4O4+. The first-order chi connectivity index (χ1) is 14.6. The third-order valence-electron chi connectivity index (χ3n) is 5.94. The molecule has 1 aromatic rings. The SMILES string of the molecule is COc1ccc(N2C[C@H](NC(=O)NCCC[NH+]3CCCCCC3)CC2=O)cc1OC. The molecule has 0 aliphatic carbocycles. The van der Waals surface area contributed by atoms with Gasteiger partial charge in [0.25, 0.3) is 0 Å². The Morgan fingerprint density at radius 2 is 1.87 bits per heavy atom. The fourth-order valence-electron chi connectivity index (χ4n) is 4.30. The van der Waals surface area contributed by atoms with Crippen LogP contribution in [0.15, 0.2) is 18.2 Å². The second kappa shape index (κ2) is 11.1. The van der Waals surface area contributed by atoms with E-state index in [1.165, 1.54) is 38.8 Å². The first-order valence-corrected chi connectivity index (χ1v) is 11.0. The number of nitrogens with zero attached hydrogens (tertiary/aromatic N) is 1. The van der Waals surface area contributed by atoms with Gasteiger partial charge in [0.2, 0.25) is 5.91 Å². The smallest absolute Gasteiger partial charge is 0.315 e. The summed E-state index contributed by atoms with van der Waals surface area (Å²) >= 11 is 0. The number of quaternary nitrogens is 1. The van der Waals surface area contributed by atoms with E-state index in [1.807, 2.05) is 6.07 Å². The van der Waals surface area contributed by atoms with Crippen molar-refractivity contribution in [1.29, 1.82) is 0 Å². The number of amides is 3. The topological polar surface area (TPSA) is 84.3 Å². The summed E-state index contributed by atoms with van der Waals surface area (Å²) in [7, 11) is 3.14. The molecule has 8 nitrogen and oxygen atoms in total. The van der Waals surface area contributed by atoms with E-state index in [1.54, 1.807) is 36.2 Å². The van der Waals surface area contributed by atoms with Crippen LogP contribution in [0, 0.1) is 0 Å². The van der Waals surface area contributed by atoms with Gasteiger partial charge in [-0.2, -0.15) is 0 Å². The molecule has 2 fully saturated rings. The van der Waals surface area contributed by atoms with E-state index in [0.717, 1.165) is 18.7 Å². The summed E-state index contributed by atoms with van der Waals surface area (Å²) in [4.78, 5) is 28.0. The van der Waals surface area contributed by atoms with Crippen molar-refractivity contribution in [3.8, 4) is 11.5 Å². The fraction of sp³-hybridized carbons (Fsp3) is 0.636. The highest BCUT2D eigenvalue weighted by atomic mass is 16.5. The highest BCUT2D eigenvalue weighted by molar-refractivity contribution is 5.97. The summed E-state index contributed by atoms with van der Waals surface area (Å²) in [5, 5.41) is 5.87. The van der Waals surface area contributed by atoms with Gasteiger partial charge in [-0.25, -0.2) is 4.79 Å². The molecule has 3 N–H and O–H groups in total. The summed E-state index contributed by atoms with van der Waals surface area (Å²) in [6, 6.07) is 4.98. The molecule has 0 saturated carbocycles. The summed E-state index contributed by atoms with van der Waals surface area (Å²) in [5.41, 5.74) is 0.739. The summed E-state index contributed by atoms with van der Waals surface area (Å²) in [6.45, 7) is 4.72. The van der Waals surface area contributed by atoms with Crippen LogP contribution >= 0.6 is 0 Å². The number of carbonyl (C=O) groups excluding carboxylic acids is 2. The standard InChI is InChI=1S/C22H34N4O4/c1-29-19-9-8-18(15-20(19)30-2)26-16-17(14-21(26)27)24-22(28)23-10-7-13-25-11-5-3-4-6-12-25/h8-9,15,17H,3-7,10-14,16H2,1-2H3,(H2,23,24,28)/p+1/t17-/m1/s1. The maximum Gasteiger partial charge on any atom is 0.315 e. The Balaban J connectivity index is 1.42. The normalized spacial score (nSPS) is 20.0. The van der Waals surface area contributed by atoms with Crippen molar-refractivity contribution in [2.24, 2.45) is 0 Å². The molecule has 0 aromatic heterocycles. The number of rotatable bonds is 8. The van der Waals surface area contributed by atoms with Crippen LogP contribution in [-0.2, 0) is 4.79 Å². The zero-order valence-electron chi connectivity index (χ0n) is 18.2. The Morgan fingerprint density at radius 3 is 2.57 bits per heavy atom. The van der Waals surface area contributed by atoms with Crippen LogP contribution in [0.4, 0.5) is 10.5 Å². The number of hydrogen-bond acceptors (Lipinski definition) is 4. The van der Waals surface area contributed by atoms with Crippen molar-refractivity contribution in [3.63, 3.8) is 0 Å². The van der Waals surface area contributed by atoms with Gasteiger partial charge in [0.15, 0.2) is 11.5 Å². The van der Waals surface area contributed by atoms with Crippen molar-refractivity contribution >= 4 is 17.6 Å². The second-order valence-corrected chi connectivity index (χ2v) is 8.11. The molecule has 166 valence electrons. The zero-order valence-corrected chi connectivity index (χ0v) is 18.2. The van der Waals surface area contributed by atoms with Gasteiger partial charge >= 0.3 is 6.03 Å². The minimum atomic E-state index is -0.207. The number of methoxy groups -OCH3 is 2. The van der Waals surface area contributed by atoms with E-state index in [9.17, 15) is 9.59 Å². The van der Waals surface area contributed by atoms with Gasteiger partial charge in [-0.3, -0.25) is 4.79 Å². The van der Waals surface area contributed by atoms with Crippen LogP contribution in [-0.4, -0.2) is 64.9 Å². The molecule has 1 atom stereocenters. The van der Waals surface area contributed by atoms with Crippen molar-refractivity contribution in [2.45, 2.75) is 44.6 Å². The number of likely N-dealkylation sites (tertiary alicyclic amines) is 1. The number of nitrogens with one attached hydrogen (secondary N) is 3. The van der Waals surface area contributed by atoms with Gasteiger partial charge in [0.05, 0.1) is 39.9 Å². The summed E-state index contributed by atoms with van der Waals surface area (Å²) < 4.78 is 10.6. The van der Waals surface area contributed by atoms with Gasteiger partial charge in [-0.1, -0.05) is 0 Å². The Hall–Kier alpha value is -2.48. The van der Waals surface area contributed by atoms with E-state index in [2.05, 4.69) is 10.6 Å². The lowest BCUT2D eigenvalue weighted by atomic mass is 10.2. The minimum absolute atomic E-state index is 0.0164. The van der Waals surface area contributed by atoms with Gasteiger partial charge < -0.3 is 29.9 Å². The molecule has 2 saturated heterocycles. The number of ether oxygens (including phenoxy) is 2. The molecule has 0 unspecified atom stereocenters. The number of hydrogen-bond donors (Lipinski definition) is 3. The molecule has 2 aliphatic heterocycles. The van der Waals surface area contributed by atoms with Crippen molar-refractivity contribution in [1.82, 2.24) is 10.6 Å². The quantitative estimate of drug-likeness (QED) is 0.548. The Morgan fingerprint density at radius 1 is 1.13 bits per heavy atom. The molecule has 2 heterocycles. The van der Waals surface area contributed by atoms with Crippen LogP contribution in [0.5, 0.6) is 11.5 Å². The Bertz CT molecular complexity index is 719. The predicted octanol–water partition coefficient (Wildman–Crippen LogP) is 0.957. The largest absolute Gasteiger partial charge is 0.493 e. The van der Waals surface area contributed by atoms with E-state index >= 15 is 0 Å². The molecule has 3 amide bonds. The molecule has 8 heteroatoms. The van der Waals surface area contributed by atoms with Gasteiger partial charge in [0, 0.05) is 37.7 Å². The summed E-state index contributed by atoms with van der Waals surface area (Å²) in [6.07, 6.45) is 6.60. The maximum absolute atomic E-state index is 12.5. The van der Waals surface area contributed by atoms with Crippen molar-refractivity contribution in [2.75, 3.05) is 51.8 Å². The maximum atomic E-state index is 12.5. The molecule has 0 radical (unpaired) electrons. The highest BCUT2D eigenvalue weighted by Crippen LogP contribution is 2.33. The van der Waals surface area contributed by atoms with Gasteiger partial charge in [0.1, 0.15) is 0 Å². The molecule has 30 heavy (non-hydrogen) atoms. The fourth-order valence-corrected chi connectivity index (χ4v) is 4.30. The number of urea groups is 1. The second-order valence-electron chi connectivity index (χ2n) is 8.11. The average molecular weight is 420 g/mol. The van der Waals surface area contributed by atoms with Crippen molar-refractivity contribution < 1.29 is 24.0 Å². The Kier molecular flexibility index (Phi) is 8.19. The zero-order chi connectivity index (χ0) is 21.3. The number of carbonyl (C=O) groups is 2. The lowest BCUT2D eigenvalue weighted by molar-refractivity contribution is -0.899. The van der Waals surface area contributed by atoms with Gasteiger partial charge in [-0.15, -0.1) is 0 Å². The molecule has 0 bridgehead atoms. The lowest BCUT2D eigenvalue weighted by Gasteiger charge is -2.19. The molecule has 3 rings (SSSR count). The molecule has 1 aromatic carbocycles. The van der Waals surface area contributed by atoms with Crippen LogP contribution in [0.2, 0.25) is 0 Å². The average Bonchev–Trinajstić information content (AvgIpc) is 2.94. The van der Waals surface area contributed by atoms with E-state index < -0.39 is 0 Å². The van der Waals surface area contributed by atoms with Gasteiger partial charge in [-0.05, 0) is 37.8 Å².